The van der Waals surface area contributed by atoms with E-state index in [9.17, 15) is 14.4 Å². The molecule has 6 nitrogen and oxygen atoms in total. The fourth-order valence-electron chi connectivity index (χ4n) is 1.37. The standard InChI is InChI=1S/C14H18N2O4/c1-9(17)10-5-4-6-11(7-10)16-13(20)15-8-14(2,3)12(18)19/h4-7H,8H2,1-3H3,(H,18,19)(H2,15,16,20). The van der Waals surface area contributed by atoms with Gasteiger partial charge in [0.1, 0.15) is 0 Å². The maximum Gasteiger partial charge on any atom is 0.319 e. The average molecular weight is 278 g/mol. The number of Topliss-reactive ketones (excluding diaryl/α,β-unsaturated/α-hetero) is 1. The number of carboxylic acids is 1. The quantitative estimate of drug-likeness (QED) is 0.719. The molecule has 0 fully saturated rings. The molecule has 3 N–H and O–H groups in total. The van der Waals surface area contributed by atoms with Crippen LogP contribution in [0.1, 0.15) is 31.1 Å². The van der Waals surface area contributed by atoms with Gasteiger partial charge in [-0.2, -0.15) is 0 Å². The molecule has 1 aromatic carbocycles. The second-order valence-electron chi connectivity index (χ2n) is 5.13. The van der Waals surface area contributed by atoms with Crippen molar-refractivity contribution in [2.45, 2.75) is 20.8 Å². The van der Waals surface area contributed by atoms with Crippen molar-refractivity contribution in [3.05, 3.63) is 29.8 Å². The molecule has 1 aromatic rings. The average Bonchev–Trinajstić information content (AvgIpc) is 2.36. The monoisotopic (exact) mass is 278 g/mol. The molecule has 0 aromatic heterocycles. The van der Waals surface area contributed by atoms with Crippen molar-refractivity contribution in [2.24, 2.45) is 5.41 Å². The van der Waals surface area contributed by atoms with Crippen molar-refractivity contribution in [3.63, 3.8) is 0 Å². The number of benzene rings is 1. The van der Waals surface area contributed by atoms with Crippen molar-refractivity contribution in [1.82, 2.24) is 5.32 Å². The summed E-state index contributed by atoms with van der Waals surface area (Å²) in [6, 6.07) is 6.01. The zero-order chi connectivity index (χ0) is 15.3. The molecule has 0 unspecified atom stereocenters. The summed E-state index contributed by atoms with van der Waals surface area (Å²) in [5.74, 6) is -1.09. The number of carbonyl (C=O) groups is 3. The van der Waals surface area contributed by atoms with Gasteiger partial charge in [-0.05, 0) is 32.9 Å². The third kappa shape index (κ3) is 4.38. The number of hydrogen-bond donors (Lipinski definition) is 3. The first-order valence-corrected chi connectivity index (χ1v) is 6.11. The smallest absolute Gasteiger partial charge is 0.319 e. The molecule has 0 bridgehead atoms. The van der Waals surface area contributed by atoms with Gasteiger partial charge in [-0.15, -0.1) is 0 Å². The van der Waals surface area contributed by atoms with Crippen LogP contribution in [0.4, 0.5) is 10.5 Å². The third-order valence-corrected chi connectivity index (χ3v) is 2.80. The van der Waals surface area contributed by atoms with Crippen LogP contribution in [0.2, 0.25) is 0 Å². The number of carboxylic acid groups (broad SMARTS) is 1. The minimum absolute atomic E-state index is 0.000561. The molecule has 0 aliphatic heterocycles. The van der Waals surface area contributed by atoms with E-state index in [1.165, 1.54) is 20.8 Å². The number of carbonyl (C=O) groups excluding carboxylic acids is 2. The van der Waals surface area contributed by atoms with E-state index in [1.807, 2.05) is 0 Å². The first kappa shape index (κ1) is 15.7. The Labute approximate surface area is 117 Å². The Bertz CT molecular complexity index is 538. The van der Waals surface area contributed by atoms with Gasteiger partial charge in [-0.25, -0.2) is 4.79 Å². The summed E-state index contributed by atoms with van der Waals surface area (Å²) < 4.78 is 0. The van der Waals surface area contributed by atoms with Crippen LogP contribution in [0, 0.1) is 5.41 Å². The number of amides is 2. The van der Waals surface area contributed by atoms with Crippen LogP contribution in [0.25, 0.3) is 0 Å². The van der Waals surface area contributed by atoms with Crippen molar-refractivity contribution in [2.75, 3.05) is 11.9 Å². The lowest BCUT2D eigenvalue weighted by atomic mass is 9.94. The van der Waals surface area contributed by atoms with E-state index in [4.69, 9.17) is 5.11 Å². The number of urea groups is 1. The maximum atomic E-state index is 11.7. The predicted molar refractivity (Wildman–Crippen MR) is 74.9 cm³/mol. The van der Waals surface area contributed by atoms with Crippen molar-refractivity contribution < 1.29 is 19.5 Å². The van der Waals surface area contributed by atoms with Crippen LogP contribution in [0.15, 0.2) is 24.3 Å². The Morgan fingerprint density at radius 1 is 1.25 bits per heavy atom. The Kier molecular flexibility index (Phi) is 4.85. The minimum atomic E-state index is -1.04. The molecule has 108 valence electrons. The lowest BCUT2D eigenvalue weighted by Crippen LogP contribution is -2.40. The summed E-state index contributed by atoms with van der Waals surface area (Å²) in [7, 11) is 0. The van der Waals surface area contributed by atoms with Gasteiger partial charge in [0, 0.05) is 17.8 Å². The Balaban J connectivity index is 2.61. The summed E-state index contributed by atoms with van der Waals surface area (Å²) in [4.78, 5) is 33.8. The van der Waals surface area contributed by atoms with E-state index < -0.39 is 17.4 Å². The highest BCUT2D eigenvalue weighted by Crippen LogP contribution is 2.14. The normalized spacial score (nSPS) is 10.8. The van der Waals surface area contributed by atoms with Crippen LogP contribution in [0.5, 0.6) is 0 Å². The molecule has 0 radical (unpaired) electrons. The lowest BCUT2D eigenvalue weighted by Gasteiger charge is -2.19. The molecule has 0 saturated carbocycles. The number of rotatable bonds is 5. The van der Waals surface area contributed by atoms with E-state index in [-0.39, 0.29) is 12.3 Å². The van der Waals surface area contributed by atoms with Crippen LogP contribution in [0.3, 0.4) is 0 Å². The lowest BCUT2D eigenvalue weighted by molar-refractivity contribution is -0.146. The van der Waals surface area contributed by atoms with Gasteiger partial charge < -0.3 is 15.7 Å². The maximum absolute atomic E-state index is 11.7. The van der Waals surface area contributed by atoms with Crippen LogP contribution in [-0.2, 0) is 4.79 Å². The molecular weight excluding hydrogens is 260 g/mol. The van der Waals surface area contributed by atoms with Gasteiger partial charge in [-0.3, -0.25) is 9.59 Å². The van der Waals surface area contributed by atoms with Gasteiger partial charge in [0.25, 0.3) is 0 Å². The minimum Gasteiger partial charge on any atom is -0.481 e. The Morgan fingerprint density at radius 3 is 2.45 bits per heavy atom. The van der Waals surface area contributed by atoms with Gasteiger partial charge in [-0.1, -0.05) is 12.1 Å². The highest BCUT2D eigenvalue weighted by molar-refractivity contribution is 5.96. The van der Waals surface area contributed by atoms with E-state index in [1.54, 1.807) is 24.3 Å². The van der Waals surface area contributed by atoms with Crippen molar-refractivity contribution in [1.29, 1.82) is 0 Å². The van der Waals surface area contributed by atoms with Crippen LogP contribution >= 0.6 is 0 Å². The van der Waals surface area contributed by atoms with E-state index in [2.05, 4.69) is 10.6 Å². The molecule has 2 amide bonds. The third-order valence-electron chi connectivity index (χ3n) is 2.80. The molecule has 0 saturated heterocycles. The summed E-state index contributed by atoms with van der Waals surface area (Å²) >= 11 is 0. The van der Waals surface area contributed by atoms with E-state index in [0.29, 0.717) is 11.3 Å². The summed E-state index contributed by atoms with van der Waals surface area (Å²) in [5.41, 5.74) is -0.0736. The molecule has 1 rings (SSSR count). The van der Waals surface area contributed by atoms with Crippen molar-refractivity contribution in [3.8, 4) is 0 Å². The molecular formula is C14H18N2O4. The molecule has 0 aliphatic rings. The van der Waals surface area contributed by atoms with Gasteiger partial charge in [0.15, 0.2) is 5.78 Å². The largest absolute Gasteiger partial charge is 0.481 e. The van der Waals surface area contributed by atoms with E-state index >= 15 is 0 Å². The van der Waals surface area contributed by atoms with Crippen molar-refractivity contribution >= 4 is 23.5 Å². The Hall–Kier alpha value is -2.37. The molecule has 20 heavy (non-hydrogen) atoms. The Morgan fingerprint density at radius 2 is 1.90 bits per heavy atom. The number of hydrogen-bond acceptors (Lipinski definition) is 3. The van der Waals surface area contributed by atoms with Gasteiger partial charge >= 0.3 is 12.0 Å². The zero-order valence-corrected chi connectivity index (χ0v) is 11.7. The summed E-state index contributed by atoms with van der Waals surface area (Å²) in [6.45, 7) is 4.48. The van der Waals surface area contributed by atoms with Gasteiger partial charge in [0.2, 0.25) is 0 Å². The molecule has 0 heterocycles. The first-order chi connectivity index (χ1) is 9.22. The molecule has 0 atom stereocenters. The summed E-state index contributed by atoms with van der Waals surface area (Å²) in [5, 5.41) is 14.0. The zero-order valence-electron chi connectivity index (χ0n) is 11.7. The summed E-state index contributed by atoms with van der Waals surface area (Å²) in [6.07, 6.45) is 0. The highest BCUT2D eigenvalue weighted by atomic mass is 16.4. The first-order valence-electron chi connectivity index (χ1n) is 6.11. The fraction of sp³-hybridized carbons (Fsp3) is 0.357. The van der Waals surface area contributed by atoms with Crippen LogP contribution < -0.4 is 10.6 Å². The topological polar surface area (TPSA) is 95.5 Å². The van der Waals surface area contributed by atoms with Gasteiger partial charge in [0.05, 0.1) is 5.41 Å². The molecule has 0 spiro atoms. The van der Waals surface area contributed by atoms with Crippen LogP contribution in [-0.4, -0.2) is 29.4 Å². The predicted octanol–water partition coefficient (Wildman–Crippen LogP) is 2.12. The second-order valence-corrected chi connectivity index (χ2v) is 5.13. The number of nitrogens with one attached hydrogen (secondary N) is 2. The number of anilines is 1. The number of ketones is 1. The molecule has 0 aliphatic carbocycles. The molecule has 6 heteroatoms. The van der Waals surface area contributed by atoms with E-state index in [0.717, 1.165) is 0 Å². The number of aliphatic carboxylic acids is 1. The highest BCUT2D eigenvalue weighted by Gasteiger charge is 2.27. The SMILES string of the molecule is CC(=O)c1cccc(NC(=O)NCC(C)(C)C(=O)O)c1. The second kappa shape index (κ2) is 6.18. The fourth-order valence-corrected chi connectivity index (χ4v) is 1.37.